The van der Waals surface area contributed by atoms with Gasteiger partial charge >= 0.3 is 0 Å². The lowest BCUT2D eigenvalue weighted by atomic mass is 10.0. The second-order valence-corrected chi connectivity index (χ2v) is 4.17. The van der Waals surface area contributed by atoms with E-state index in [-0.39, 0.29) is 6.04 Å². The first-order chi connectivity index (χ1) is 7.66. The number of hydrogen-bond acceptors (Lipinski definition) is 5. The quantitative estimate of drug-likeness (QED) is 0.857. The molecule has 0 amide bonds. The van der Waals surface area contributed by atoms with Crippen LogP contribution in [0.2, 0.25) is 0 Å². The first-order valence-electron chi connectivity index (χ1n) is 5.30. The smallest absolute Gasteiger partial charge is 0.243 e. The van der Waals surface area contributed by atoms with Crippen LogP contribution in [0.4, 0.5) is 0 Å². The van der Waals surface area contributed by atoms with Crippen molar-refractivity contribution in [3.8, 4) is 11.6 Å². The van der Waals surface area contributed by atoms with Crippen LogP contribution >= 0.6 is 0 Å². The molecule has 0 saturated carbocycles. The Morgan fingerprint density at radius 3 is 2.88 bits per heavy atom. The fourth-order valence-corrected chi connectivity index (χ4v) is 1.50. The van der Waals surface area contributed by atoms with E-state index in [1.165, 1.54) is 0 Å². The zero-order valence-corrected chi connectivity index (χ0v) is 9.38. The first-order valence-corrected chi connectivity index (χ1v) is 5.30. The molecule has 2 N–H and O–H groups in total. The van der Waals surface area contributed by atoms with Gasteiger partial charge in [-0.1, -0.05) is 19.0 Å². The van der Waals surface area contributed by atoms with Gasteiger partial charge in [0, 0.05) is 0 Å². The van der Waals surface area contributed by atoms with Crippen molar-refractivity contribution >= 4 is 0 Å². The first kappa shape index (κ1) is 10.9. The van der Waals surface area contributed by atoms with E-state index in [0.717, 1.165) is 6.42 Å². The molecule has 0 saturated heterocycles. The van der Waals surface area contributed by atoms with Gasteiger partial charge in [-0.2, -0.15) is 4.98 Å². The second kappa shape index (κ2) is 4.49. The van der Waals surface area contributed by atoms with Gasteiger partial charge in [0.2, 0.25) is 11.7 Å². The average Bonchev–Trinajstić information content (AvgIpc) is 2.87. The molecule has 5 heteroatoms. The molecule has 16 heavy (non-hydrogen) atoms. The van der Waals surface area contributed by atoms with E-state index < -0.39 is 0 Å². The number of aromatic nitrogens is 2. The van der Waals surface area contributed by atoms with E-state index in [1.807, 2.05) is 0 Å². The summed E-state index contributed by atoms with van der Waals surface area (Å²) >= 11 is 0. The van der Waals surface area contributed by atoms with E-state index in [4.69, 9.17) is 14.7 Å². The zero-order chi connectivity index (χ0) is 11.5. The Bertz CT molecular complexity index is 434. The van der Waals surface area contributed by atoms with Crippen LogP contribution in [0, 0.1) is 5.92 Å². The Morgan fingerprint density at radius 2 is 2.25 bits per heavy atom. The van der Waals surface area contributed by atoms with Gasteiger partial charge in [0.05, 0.1) is 12.3 Å². The van der Waals surface area contributed by atoms with Gasteiger partial charge in [0.25, 0.3) is 0 Å². The van der Waals surface area contributed by atoms with Gasteiger partial charge in [-0.05, 0) is 24.5 Å². The molecule has 0 bridgehead atoms. The van der Waals surface area contributed by atoms with Crippen LogP contribution < -0.4 is 5.73 Å². The highest BCUT2D eigenvalue weighted by atomic mass is 16.5. The van der Waals surface area contributed by atoms with Crippen molar-refractivity contribution in [1.29, 1.82) is 0 Å². The third-order valence-electron chi connectivity index (χ3n) is 2.23. The number of rotatable bonds is 4. The molecule has 0 aliphatic rings. The topological polar surface area (TPSA) is 78.1 Å². The number of hydrogen-bond donors (Lipinski definition) is 1. The number of furan rings is 1. The summed E-state index contributed by atoms with van der Waals surface area (Å²) in [5, 5.41) is 3.83. The molecule has 2 aromatic rings. The van der Waals surface area contributed by atoms with Crippen LogP contribution in [0.3, 0.4) is 0 Å². The van der Waals surface area contributed by atoms with Crippen molar-refractivity contribution in [2.45, 2.75) is 26.3 Å². The van der Waals surface area contributed by atoms with Gasteiger partial charge in [-0.3, -0.25) is 0 Å². The van der Waals surface area contributed by atoms with Crippen LogP contribution in [-0.2, 0) is 0 Å². The fourth-order valence-electron chi connectivity index (χ4n) is 1.50. The van der Waals surface area contributed by atoms with Crippen molar-refractivity contribution < 1.29 is 8.94 Å². The van der Waals surface area contributed by atoms with Crippen molar-refractivity contribution in [3.63, 3.8) is 0 Å². The van der Waals surface area contributed by atoms with Crippen molar-refractivity contribution in [2.24, 2.45) is 11.7 Å². The summed E-state index contributed by atoms with van der Waals surface area (Å²) in [6.07, 6.45) is 2.39. The molecule has 2 rings (SSSR count). The Kier molecular flexibility index (Phi) is 3.05. The molecule has 1 atom stereocenters. The lowest BCUT2D eigenvalue weighted by Crippen LogP contribution is -2.13. The minimum Gasteiger partial charge on any atom is -0.461 e. The van der Waals surface area contributed by atoms with E-state index in [1.54, 1.807) is 18.4 Å². The molecule has 86 valence electrons. The second-order valence-electron chi connectivity index (χ2n) is 4.17. The molecule has 2 heterocycles. The molecule has 0 aliphatic heterocycles. The Morgan fingerprint density at radius 1 is 1.44 bits per heavy atom. The van der Waals surface area contributed by atoms with Crippen molar-refractivity contribution in [1.82, 2.24) is 10.1 Å². The highest BCUT2D eigenvalue weighted by molar-refractivity contribution is 5.44. The maximum absolute atomic E-state index is 5.94. The minimum absolute atomic E-state index is 0.212. The predicted octanol–water partition coefficient (Wildman–Crippen LogP) is 2.38. The minimum atomic E-state index is -0.212. The van der Waals surface area contributed by atoms with Crippen LogP contribution in [0.15, 0.2) is 27.3 Å². The molecule has 0 radical (unpaired) electrons. The summed E-state index contributed by atoms with van der Waals surface area (Å²) in [6, 6.07) is 3.35. The summed E-state index contributed by atoms with van der Waals surface area (Å²) in [5.41, 5.74) is 5.94. The van der Waals surface area contributed by atoms with E-state index >= 15 is 0 Å². The molecule has 0 spiro atoms. The monoisotopic (exact) mass is 221 g/mol. The Balaban J connectivity index is 2.13. The molecule has 0 aliphatic carbocycles. The van der Waals surface area contributed by atoms with E-state index in [2.05, 4.69) is 24.0 Å². The van der Waals surface area contributed by atoms with Gasteiger partial charge in [0.1, 0.15) is 0 Å². The van der Waals surface area contributed by atoms with Crippen LogP contribution in [0.1, 0.15) is 32.2 Å². The van der Waals surface area contributed by atoms with Crippen molar-refractivity contribution in [3.05, 3.63) is 24.3 Å². The van der Waals surface area contributed by atoms with Crippen LogP contribution in [0.25, 0.3) is 11.6 Å². The Labute approximate surface area is 93.6 Å². The third-order valence-corrected chi connectivity index (χ3v) is 2.23. The van der Waals surface area contributed by atoms with Crippen LogP contribution in [0.5, 0.6) is 0 Å². The molecule has 0 aromatic carbocycles. The number of nitrogens with zero attached hydrogens (tertiary/aromatic N) is 2. The highest BCUT2D eigenvalue weighted by Crippen LogP contribution is 2.21. The molecule has 0 unspecified atom stereocenters. The lowest BCUT2D eigenvalue weighted by Gasteiger charge is -2.08. The molecule has 2 aromatic heterocycles. The maximum atomic E-state index is 5.94. The third kappa shape index (κ3) is 2.30. The lowest BCUT2D eigenvalue weighted by molar-refractivity contribution is 0.335. The zero-order valence-electron chi connectivity index (χ0n) is 9.38. The molecule has 0 fully saturated rings. The normalized spacial score (nSPS) is 13.2. The maximum Gasteiger partial charge on any atom is 0.243 e. The van der Waals surface area contributed by atoms with Gasteiger partial charge < -0.3 is 14.7 Å². The SMILES string of the molecule is CC(C)C[C@@H](N)c1nc(-c2ccco2)no1. The predicted molar refractivity (Wildman–Crippen MR) is 58.4 cm³/mol. The highest BCUT2D eigenvalue weighted by Gasteiger charge is 2.17. The summed E-state index contributed by atoms with van der Waals surface area (Å²) < 4.78 is 10.3. The summed E-state index contributed by atoms with van der Waals surface area (Å²) in [4.78, 5) is 4.21. The van der Waals surface area contributed by atoms with Gasteiger partial charge in [-0.15, -0.1) is 0 Å². The van der Waals surface area contributed by atoms with Crippen molar-refractivity contribution in [2.75, 3.05) is 0 Å². The summed E-state index contributed by atoms with van der Waals surface area (Å²) in [7, 11) is 0. The van der Waals surface area contributed by atoms with E-state index in [9.17, 15) is 0 Å². The Hall–Kier alpha value is -1.62. The van der Waals surface area contributed by atoms with Gasteiger partial charge in [-0.25, -0.2) is 0 Å². The molecular formula is C11H15N3O2. The average molecular weight is 221 g/mol. The number of nitrogens with two attached hydrogens (primary N) is 1. The molecule has 5 nitrogen and oxygen atoms in total. The molecular weight excluding hydrogens is 206 g/mol. The van der Waals surface area contributed by atoms with Gasteiger partial charge in [0.15, 0.2) is 5.76 Å². The summed E-state index contributed by atoms with van der Waals surface area (Å²) in [6.45, 7) is 4.20. The van der Waals surface area contributed by atoms with E-state index in [0.29, 0.717) is 23.4 Å². The fraction of sp³-hybridized carbons (Fsp3) is 0.455. The summed E-state index contributed by atoms with van der Waals surface area (Å²) in [5.74, 6) is 1.99. The standard InChI is InChI=1S/C11H15N3O2/c1-7(2)6-8(12)11-13-10(14-16-11)9-4-3-5-15-9/h3-5,7-8H,6,12H2,1-2H3/t8-/m1/s1. The largest absolute Gasteiger partial charge is 0.461 e. The van der Waals surface area contributed by atoms with Crippen LogP contribution in [-0.4, -0.2) is 10.1 Å².